The third-order valence-electron chi connectivity index (χ3n) is 4.28. The van der Waals surface area contributed by atoms with Crippen LogP contribution in [0.3, 0.4) is 0 Å². The second kappa shape index (κ2) is 9.73. The number of nitrogens with zero attached hydrogens (tertiary/aromatic N) is 3. The van der Waals surface area contributed by atoms with E-state index in [1.54, 1.807) is 19.5 Å². The van der Waals surface area contributed by atoms with E-state index in [4.69, 9.17) is 9.47 Å². The first-order chi connectivity index (χ1) is 13.2. The first-order valence-electron chi connectivity index (χ1n) is 9.11. The molecule has 27 heavy (non-hydrogen) atoms. The summed E-state index contributed by atoms with van der Waals surface area (Å²) in [6.07, 6.45) is 9.63. The largest absolute Gasteiger partial charge is 0.493 e. The monoisotopic (exact) mass is 366 g/mol. The van der Waals surface area contributed by atoms with Crippen molar-refractivity contribution in [2.75, 3.05) is 13.7 Å². The van der Waals surface area contributed by atoms with Gasteiger partial charge in [0.05, 0.1) is 13.3 Å². The lowest BCUT2D eigenvalue weighted by atomic mass is 10.2. The summed E-state index contributed by atoms with van der Waals surface area (Å²) >= 11 is 0. The number of rotatable bonds is 10. The fourth-order valence-corrected chi connectivity index (χ4v) is 2.83. The van der Waals surface area contributed by atoms with Crippen molar-refractivity contribution in [3.8, 4) is 11.5 Å². The summed E-state index contributed by atoms with van der Waals surface area (Å²) in [5.74, 6) is 1.49. The Bertz CT molecular complexity index is 833. The summed E-state index contributed by atoms with van der Waals surface area (Å²) in [6.45, 7) is 2.25. The van der Waals surface area contributed by atoms with E-state index in [1.165, 1.54) is 11.1 Å². The van der Waals surface area contributed by atoms with Crippen molar-refractivity contribution in [1.29, 1.82) is 0 Å². The van der Waals surface area contributed by atoms with E-state index in [1.807, 2.05) is 42.2 Å². The zero-order valence-electron chi connectivity index (χ0n) is 15.9. The zero-order valence-corrected chi connectivity index (χ0v) is 15.9. The molecule has 3 rings (SSSR count). The summed E-state index contributed by atoms with van der Waals surface area (Å²) in [7, 11) is 3.61. The molecule has 0 radical (unpaired) electrons. The molecule has 6 nitrogen and oxygen atoms in total. The molecule has 2 aromatic heterocycles. The highest BCUT2D eigenvalue weighted by atomic mass is 16.5. The lowest BCUT2D eigenvalue weighted by Crippen LogP contribution is -2.15. The molecule has 142 valence electrons. The summed E-state index contributed by atoms with van der Waals surface area (Å²) < 4.78 is 13.2. The van der Waals surface area contributed by atoms with Gasteiger partial charge in [0.1, 0.15) is 6.61 Å². The molecule has 0 aliphatic heterocycles. The Labute approximate surface area is 160 Å². The number of methoxy groups -OCH3 is 1. The van der Waals surface area contributed by atoms with Gasteiger partial charge in [-0.25, -0.2) is 0 Å². The van der Waals surface area contributed by atoms with Crippen molar-refractivity contribution >= 4 is 0 Å². The number of ether oxygens (including phenoxy) is 2. The number of aromatic nitrogens is 3. The Morgan fingerprint density at radius 1 is 1.04 bits per heavy atom. The third kappa shape index (κ3) is 5.82. The highest BCUT2D eigenvalue weighted by Crippen LogP contribution is 2.28. The minimum atomic E-state index is 0.491. The van der Waals surface area contributed by atoms with Crippen molar-refractivity contribution in [2.45, 2.75) is 26.0 Å². The van der Waals surface area contributed by atoms with Crippen LogP contribution in [0.2, 0.25) is 0 Å². The van der Waals surface area contributed by atoms with Gasteiger partial charge < -0.3 is 14.8 Å². The maximum atomic E-state index is 5.88. The summed E-state index contributed by atoms with van der Waals surface area (Å²) in [4.78, 5) is 4.01. The molecule has 3 aromatic rings. The van der Waals surface area contributed by atoms with Crippen molar-refractivity contribution in [3.05, 3.63) is 71.8 Å². The molecule has 0 spiro atoms. The van der Waals surface area contributed by atoms with Crippen LogP contribution in [0, 0.1) is 0 Å². The van der Waals surface area contributed by atoms with Gasteiger partial charge in [0, 0.05) is 32.2 Å². The number of pyridine rings is 1. The van der Waals surface area contributed by atoms with Gasteiger partial charge in [-0.05, 0) is 60.3 Å². The van der Waals surface area contributed by atoms with Crippen LogP contribution in [0.5, 0.6) is 11.5 Å². The molecular formula is C21H26N4O2. The van der Waals surface area contributed by atoms with E-state index in [2.05, 4.69) is 27.7 Å². The topological polar surface area (TPSA) is 61.2 Å². The highest BCUT2D eigenvalue weighted by molar-refractivity contribution is 5.43. The molecule has 0 bridgehead atoms. The molecule has 0 saturated heterocycles. The van der Waals surface area contributed by atoms with E-state index < -0.39 is 0 Å². The fraction of sp³-hybridized carbons (Fsp3) is 0.333. The van der Waals surface area contributed by atoms with Crippen molar-refractivity contribution in [3.63, 3.8) is 0 Å². The first-order valence-corrected chi connectivity index (χ1v) is 9.11. The predicted octanol–water partition coefficient (Wildman–Crippen LogP) is 3.13. The summed E-state index contributed by atoms with van der Waals surface area (Å²) in [5.41, 5.74) is 3.52. The minimum Gasteiger partial charge on any atom is -0.493 e. The van der Waals surface area contributed by atoms with Gasteiger partial charge in [0.25, 0.3) is 0 Å². The Morgan fingerprint density at radius 3 is 2.63 bits per heavy atom. The Kier molecular flexibility index (Phi) is 6.82. The van der Waals surface area contributed by atoms with E-state index >= 15 is 0 Å². The van der Waals surface area contributed by atoms with E-state index in [0.29, 0.717) is 6.61 Å². The fourth-order valence-electron chi connectivity index (χ4n) is 2.83. The summed E-state index contributed by atoms with van der Waals surface area (Å²) in [5, 5.41) is 7.67. The van der Waals surface area contributed by atoms with E-state index in [0.717, 1.165) is 43.0 Å². The molecule has 0 saturated carbocycles. The third-order valence-corrected chi connectivity index (χ3v) is 4.28. The molecule has 0 aliphatic rings. The van der Waals surface area contributed by atoms with Crippen LogP contribution < -0.4 is 14.8 Å². The average molecular weight is 366 g/mol. The van der Waals surface area contributed by atoms with Crippen LogP contribution >= 0.6 is 0 Å². The van der Waals surface area contributed by atoms with Gasteiger partial charge >= 0.3 is 0 Å². The zero-order chi connectivity index (χ0) is 18.9. The van der Waals surface area contributed by atoms with Crippen LogP contribution in [-0.2, 0) is 26.6 Å². The van der Waals surface area contributed by atoms with Crippen molar-refractivity contribution < 1.29 is 9.47 Å². The Morgan fingerprint density at radius 2 is 1.89 bits per heavy atom. The quantitative estimate of drug-likeness (QED) is 0.559. The van der Waals surface area contributed by atoms with Crippen molar-refractivity contribution in [1.82, 2.24) is 20.1 Å². The molecule has 1 N–H and O–H groups in total. The normalized spacial score (nSPS) is 10.7. The number of hydrogen-bond acceptors (Lipinski definition) is 5. The van der Waals surface area contributed by atoms with Gasteiger partial charge in [-0.1, -0.05) is 6.07 Å². The molecule has 6 heteroatoms. The van der Waals surface area contributed by atoms with Gasteiger partial charge in [-0.15, -0.1) is 0 Å². The average Bonchev–Trinajstić information content (AvgIpc) is 3.12. The van der Waals surface area contributed by atoms with Crippen LogP contribution in [0.15, 0.2) is 55.1 Å². The number of benzene rings is 1. The van der Waals surface area contributed by atoms with Gasteiger partial charge in [-0.3, -0.25) is 9.67 Å². The van der Waals surface area contributed by atoms with Gasteiger partial charge in [-0.2, -0.15) is 5.10 Å². The van der Waals surface area contributed by atoms with Crippen molar-refractivity contribution in [2.24, 2.45) is 7.05 Å². The van der Waals surface area contributed by atoms with Crippen LogP contribution in [0.1, 0.15) is 23.1 Å². The van der Waals surface area contributed by atoms with Crippen LogP contribution in [-0.4, -0.2) is 28.4 Å². The minimum absolute atomic E-state index is 0.491. The molecule has 0 fully saturated rings. The summed E-state index contributed by atoms with van der Waals surface area (Å²) in [6, 6.07) is 9.94. The van der Waals surface area contributed by atoms with Crippen LogP contribution in [0.4, 0.5) is 0 Å². The molecule has 0 amide bonds. The first kappa shape index (κ1) is 18.9. The smallest absolute Gasteiger partial charge is 0.161 e. The Balaban J connectivity index is 1.45. The second-order valence-electron chi connectivity index (χ2n) is 6.43. The SMILES string of the molecule is COc1cc(CNCCCc2cnn(C)c2)ccc1OCc1ccncc1. The predicted molar refractivity (Wildman–Crippen MR) is 105 cm³/mol. The molecule has 0 atom stereocenters. The van der Waals surface area contributed by atoms with E-state index in [9.17, 15) is 0 Å². The maximum absolute atomic E-state index is 5.88. The number of aryl methyl sites for hydroxylation is 2. The van der Waals surface area contributed by atoms with E-state index in [-0.39, 0.29) is 0 Å². The standard InChI is InChI=1S/C21H26N4O2/c1-25-15-19(14-24-25)4-3-9-23-13-18-5-6-20(21(12-18)26-2)27-16-17-7-10-22-11-8-17/h5-8,10-12,14-15,23H,3-4,9,13,16H2,1-2H3. The molecule has 2 heterocycles. The maximum Gasteiger partial charge on any atom is 0.161 e. The molecule has 1 aromatic carbocycles. The number of hydrogen-bond donors (Lipinski definition) is 1. The number of nitrogens with one attached hydrogen (secondary N) is 1. The van der Waals surface area contributed by atoms with Gasteiger partial charge in [0.2, 0.25) is 0 Å². The highest BCUT2D eigenvalue weighted by Gasteiger charge is 2.06. The lowest BCUT2D eigenvalue weighted by molar-refractivity contribution is 0.284. The Hall–Kier alpha value is -2.86. The lowest BCUT2D eigenvalue weighted by Gasteiger charge is -2.13. The molecule has 0 aliphatic carbocycles. The molecular weight excluding hydrogens is 340 g/mol. The molecule has 0 unspecified atom stereocenters. The second-order valence-corrected chi connectivity index (χ2v) is 6.43. The van der Waals surface area contributed by atoms with Crippen LogP contribution in [0.25, 0.3) is 0 Å². The van der Waals surface area contributed by atoms with Gasteiger partial charge in [0.15, 0.2) is 11.5 Å².